The van der Waals surface area contributed by atoms with Gasteiger partial charge in [0.05, 0.1) is 22.5 Å². The Morgan fingerprint density at radius 2 is 1.85 bits per heavy atom. The second kappa shape index (κ2) is 7.10. The largest absolute Gasteiger partial charge is 0.452 e. The minimum Gasteiger partial charge on any atom is -0.452 e. The lowest BCUT2D eigenvalue weighted by Crippen LogP contribution is -2.44. The molecule has 0 saturated carbocycles. The van der Waals surface area contributed by atoms with Gasteiger partial charge in [-0.2, -0.15) is 13.2 Å². The molecule has 0 spiro atoms. The van der Waals surface area contributed by atoms with Crippen LogP contribution < -0.4 is 10.2 Å². The second-order valence-corrected chi connectivity index (χ2v) is 5.70. The lowest BCUT2D eigenvalue weighted by atomic mass is 10.1. The molecule has 2 aromatic rings. The van der Waals surface area contributed by atoms with Crippen molar-refractivity contribution in [2.75, 3.05) is 23.4 Å². The predicted octanol–water partition coefficient (Wildman–Crippen LogP) is 2.85. The Labute approximate surface area is 151 Å². The van der Waals surface area contributed by atoms with Crippen LogP contribution in [0, 0.1) is 0 Å². The molecule has 0 aliphatic carbocycles. The van der Waals surface area contributed by atoms with E-state index in [0.29, 0.717) is 17.4 Å². The van der Waals surface area contributed by atoms with Crippen molar-refractivity contribution in [2.24, 2.45) is 0 Å². The number of amides is 2. The fraction of sp³-hybridized carbons (Fsp3) is 0.167. The van der Waals surface area contributed by atoms with Gasteiger partial charge in [0.1, 0.15) is 6.54 Å². The molecule has 0 aromatic heterocycles. The Morgan fingerprint density at radius 1 is 1.11 bits per heavy atom. The molecule has 1 aliphatic rings. The van der Waals surface area contributed by atoms with Crippen LogP contribution >= 0.6 is 0 Å². The van der Waals surface area contributed by atoms with Gasteiger partial charge in [-0.25, -0.2) is 4.79 Å². The summed E-state index contributed by atoms with van der Waals surface area (Å²) in [6.45, 7) is -0.965. The monoisotopic (exact) mass is 378 g/mol. The lowest BCUT2D eigenvalue weighted by Gasteiger charge is -2.28. The summed E-state index contributed by atoms with van der Waals surface area (Å²) in [5, 5.41) is 2.61. The van der Waals surface area contributed by atoms with Gasteiger partial charge in [0.15, 0.2) is 6.61 Å². The van der Waals surface area contributed by atoms with Crippen molar-refractivity contribution in [1.82, 2.24) is 0 Å². The summed E-state index contributed by atoms with van der Waals surface area (Å²) in [4.78, 5) is 37.2. The highest BCUT2D eigenvalue weighted by Gasteiger charge is 2.31. The summed E-state index contributed by atoms with van der Waals surface area (Å²) in [5.74, 6) is -2.15. The minimum atomic E-state index is -4.60. The summed E-state index contributed by atoms with van der Waals surface area (Å²) >= 11 is 0. The molecule has 9 heteroatoms. The number of carbonyl (C=O) groups is 3. The van der Waals surface area contributed by atoms with Crippen LogP contribution in [0.2, 0.25) is 0 Å². The summed E-state index contributed by atoms with van der Waals surface area (Å²) in [7, 11) is 0. The highest BCUT2D eigenvalue weighted by Crippen LogP contribution is 2.30. The number of rotatable bonds is 3. The summed E-state index contributed by atoms with van der Waals surface area (Å²) < 4.78 is 43.0. The van der Waals surface area contributed by atoms with E-state index in [4.69, 9.17) is 4.74 Å². The fourth-order valence-corrected chi connectivity index (χ4v) is 2.57. The predicted molar refractivity (Wildman–Crippen MR) is 89.2 cm³/mol. The first-order valence-corrected chi connectivity index (χ1v) is 7.79. The molecule has 140 valence electrons. The molecule has 0 unspecified atom stereocenters. The number of carbonyl (C=O) groups excluding carboxylic acids is 3. The lowest BCUT2D eigenvalue weighted by molar-refractivity contribution is -0.137. The van der Waals surface area contributed by atoms with Crippen molar-refractivity contribution in [3.8, 4) is 0 Å². The number of benzene rings is 2. The third kappa shape index (κ3) is 4.08. The molecule has 27 heavy (non-hydrogen) atoms. The van der Waals surface area contributed by atoms with Crippen LogP contribution in [-0.2, 0) is 20.5 Å². The zero-order valence-electron chi connectivity index (χ0n) is 13.7. The van der Waals surface area contributed by atoms with Crippen molar-refractivity contribution in [2.45, 2.75) is 6.18 Å². The van der Waals surface area contributed by atoms with Gasteiger partial charge < -0.3 is 10.1 Å². The van der Waals surface area contributed by atoms with Gasteiger partial charge in [-0.1, -0.05) is 18.2 Å². The third-order valence-corrected chi connectivity index (χ3v) is 3.82. The molecule has 0 fully saturated rings. The molecule has 0 atom stereocenters. The zero-order chi connectivity index (χ0) is 19.6. The van der Waals surface area contributed by atoms with Crippen molar-refractivity contribution in [3.63, 3.8) is 0 Å². The summed E-state index contributed by atoms with van der Waals surface area (Å²) in [6.07, 6.45) is -4.60. The molecule has 6 nitrogen and oxygen atoms in total. The Bertz CT molecular complexity index is 911. The van der Waals surface area contributed by atoms with Gasteiger partial charge in [0.25, 0.3) is 5.91 Å². The van der Waals surface area contributed by atoms with Crippen molar-refractivity contribution < 1.29 is 32.3 Å². The van der Waals surface area contributed by atoms with E-state index in [1.54, 1.807) is 24.3 Å². The van der Waals surface area contributed by atoms with E-state index in [-0.39, 0.29) is 12.1 Å². The van der Waals surface area contributed by atoms with E-state index in [9.17, 15) is 27.6 Å². The molecular weight excluding hydrogens is 365 g/mol. The number of nitrogens with zero attached hydrogens (tertiary/aromatic N) is 1. The number of fused-ring (bicyclic) bond motifs is 1. The SMILES string of the molecule is O=C1CN(C(=O)COC(=O)c2cccc(C(F)(F)F)c2)c2ccccc2N1. The second-order valence-electron chi connectivity index (χ2n) is 5.70. The summed E-state index contributed by atoms with van der Waals surface area (Å²) in [5.41, 5.74) is -0.442. The van der Waals surface area contributed by atoms with Gasteiger partial charge in [0, 0.05) is 0 Å². The van der Waals surface area contributed by atoms with E-state index in [0.717, 1.165) is 23.1 Å². The molecule has 1 N–H and O–H groups in total. The number of halogens is 3. The van der Waals surface area contributed by atoms with Crippen molar-refractivity contribution in [1.29, 1.82) is 0 Å². The molecular formula is C18H13F3N2O4. The maximum absolute atomic E-state index is 12.7. The number of para-hydroxylation sites is 2. The molecule has 2 aromatic carbocycles. The topological polar surface area (TPSA) is 75.7 Å². The van der Waals surface area contributed by atoms with Crippen LogP contribution in [0.3, 0.4) is 0 Å². The first kappa shape index (κ1) is 18.4. The molecule has 3 rings (SSSR count). The molecule has 1 aliphatic heterocycles. The van der Waals surface area contributed by atoms with E-state index in [1.165, 1.54) is 0 Å². The Balaban J connectivity index is 1.70. The number of nitrogens with one attached hydrogen (secondary N) is 1. The third-order valence-electron chi connectivity index (χ3n) is 3.82. The zero-order valence-corrected chi connectivity index (χ0v) is 13.7. The molecule has 2 amide bonds. The van der Waals surface area contributed by atoms with Gasteiger partial charge in [-0.15, -0.1) is 0 Å². The van der Waals surface area contributed by atoms with E-state index in [2.05, 4.69) is 5.32 Å². The van der Waals surface area contributed by atoms with Gasteiger partial charge in [-0.3, -0.25) is 14.5 Å². The smallest absolute Gasteiger partial charge is 0.416 e. The number of hydrogen-bond acceptors (Lipinski definition) is 4. The standard InChI is InChI=1S/C18H13F3N2O4/c19-18(20,21)12-5-3-4-11(8-12)17(26)27-10-16(25)23-9-15(24)22-13-6-1-2-7-14(13)23/h1-8H,9-10H2,(H,22,24). The van der Waals surface area contributed by atoms with Crippen LogP contribution in [-0.4, -0.2) is 30.9 Å². The van der Waals surface area contributed by atoms with Crippen LogP contribution in [0.1, 0.15) is 15.9 Å². The first-order chi connectivity index (χ1) is 12.8. The Hall–Kier alpha value is -3.36. The van der Waals surface area contributed by atoms with Crippen molar-refractivity contribution >= 4 is 29.2 Å². The molecule has 0 radical (unpaired) electrons. The minimum absolute atomic E-state index is 0.253. The average molecular weight is 378 g/mol. The molecule has 1 heterocycles. The maximum Gasteiger partial charge on any atom is 0.416 e. The van der Waals surface area contributed by atoms with Crippen LogP contribution in [0.15, 0.2) is 48.5 Å². The fourth-order valence-electron chi connectivity index (χ4n) is 2.57. The molecule has 0 saturated heterocycles. The average Bonchev–Trinajstić information content (AvgIpc) is 2.64. The van der Waals surface area contributed by atoms with Crippen LogP contribution in [0.4, 0.5) is 24.5 Å². The Kier molecular flexibility index (Phi) is 4.85. The normalized spacial score (nSPS) is 13.6. The quantitative estimate of drug-likeness (QED) is 0.834. The van der Waals surface area contributed by atoms with E-state index >= 15 is 0 Å². The number of alkyl halides is 3. The van der Waals surface area contributed by atoms with Gasteiger partial charge in [-0.05, 0) is 30.3 Å². The van der Waals surface area contributed by atoms with Gasteiger partial charge >= 0.3 is 12.1 Å². The number of esters is 1. The van der Waals surface area contributed by atoms with E-state index in [1.807, 2.05) is 0 Å². The van der Waals surface area contributed by atoms with E-state index < -0.39 is 36.1 Å². The number of hydrogen-bond donors (Lipinski definition) is 1. The van der Waals surface area contributed by atoms with Gasteiger partial charge in [0.2, 0.25) is 5.91 Å². The van der Waals surface area contributed by atoms with Crippen LogP contribution in [0.25, 0.3) is 0 Å². The summed E-state index contributed by atoms with van der Waals surface area (Å²) in [6, 6.07) is 10.3. The highest BCUT2D eigenvalue weighted by atomic mass is 19.4. The highest BCUT2D eigenvalue weighted by molar-refractivity contribution is 6.10. The Morgan fingerprint density at radius 3 is 2.59 bits per heavy atom. The maximum atomic E-state index is 12.7. The molecule has 0 bridgehead atoms. The number of ether oxygens (including phenoxy) is 1. The number of anilines is 2. The van der Waals surface area contributed by atoms with Crippen LogP contribution in [0.5, 0.6) is 0 Å². The first-order valence-electron chi connectivity index (χ1n) is 7.79. The van der Waals surface area contributed by atoms with Crippen molar-refractivity contribution in [3.05, 3.63) is 59.7 Å².